The Hall–Kier alpha value is -2.24. The number of nitrogen functional groups attached to an aromatic ring is 1. The molecule has 11 heteroatoms. The second-order valence-corrected chi connectivity index (χ2v) is 4.17. The fourth-order valence-electron chi connectivity index (χ4n) is 1.63. The topological polar surface area (TPSA) is 147 Å². The van der Waals surface area contributed by atoms with Gasteiger partial charge in [-0.1, -0.05) is 0 Å². The number of aliphatic hydroxyl groups excluding tert-OH is 3. The zero-order chi connectivity index (χ0) is 15.8. The molecule has 0 spiro atoms. The highest BCUT2D eigenvalue weighted by Gasteiger charge is 2.51. The third-order valence-corrected chi connectivity index (χ3v) is 2.79. The minimum absolute atomic E-state index is 0.0566. The molecule has 0 unspecified atom stereocenters. The van der Waals surface area contributed by atoms with E-state index in [9.17, 15) is 18.7 Å². The van der Waals surface area contributed by atoms with Gasteiger partial charge in [0.2, 0.25) is 0 Å². The Morgan fingerprint density at radius 1 is 1.38 bits per heavy atom. The van der Waals surface area contributed by atoms with Crippen molar-refractivity contribution in [2.24, 2.45) is 0 Å². The maximum absolute atomic E-state index is 13.8. The van der Waals surface area contributed by atoms with E-state index in [0.29, 0.717) is 4.57 Å². The molecule has 9 nitrogen and oxygen atoms in total. The maximum atomic E-state index is 13.8. The first-order valence-electron chi connectivity index (χ1n) is 5.63. The molecular weight excluding hydrogens is 292 g/mol. The van der Waals surface area contributed by atoms with E-state index in [-0.39, 0.29) is 17.0 Å². The Kier molecular flexibility index (Phi) is 3.80. The summed E-state index contributed by atoms with van der Waals surface area (Å²) in [6, 6.07) is 0. The van der Waals surface area contributed by atoms with Crippen molar-refractivity contribution in [3.05, 3.63) is 12.7 Å². The highest BCUT2D eigenvalue weighted by Crippen LogP contribution is 2.26. The van der Waals surface area contributed by atoms with Crippen LogP contribution in [0.15, 0.2) is 12.7 Å². The van der Waals surface area contributed by atoms with Gasteiger partial charge in [0, 0.05) is 0 Å². The molecule has 2 rings (SSSR count). The van der Waals surface area contributed by atoms with E-state index in [1.807, 2.05) is 0 Å². The summed E-state index contributed by atoms with van der Waals surface area (Å²) in [7, 11) is 0. The first kappa shape index (κ1) is 15.2. The summed E-state index contributed by atoms with van der Waals surface area (Å²) in [4.78, 5) is 22.7. The smallest absolute Gasteiger partial charge is 0.353 e. The van der Waals surface area contributed by atoms with Crippen molar-refractivity contribution in [1.29, 1.82) is 0 Å². The first-order chi connectivity index (χ1) is 9.80. The van der Waals surface area contributed by atoms with Crippen molar-refractivity contribution in [3.63, 3.8) is 0 Å². The Balaban J connectivity index is 2.44. The van der Waals surface area contributed by atoms with Gasteiger partial charge in [-0.2, -0.15) is 8.78 Å². The average molecular weight is 303 g/mol. The van der Waals surface area contributed by atoms with Crippen LogP contribution in [0, 0.1) is 0 Å². The molecule has 0 aliphatic rings. The lowest BCUT2D eigenvalue weighted by molar-refractivity contribution is -0.136. The van der Waals surface area contributed by atoms with Crippen molar-refractivity contribution in [2.45, 2.75) is 18.1 Å². The van der Waals surface area contributed by atoms with Crippen molar-refractivity contribution in [3.8, 4) is 0 Å². The lowest BCUT2D eigenvalue weighted by Gasteiger charge is -2.24. The van der Waals surface area contributed by atoms with E-state index in [1.54, 1.807) is 0 Å². The van der Waals surface area contributed by atoms with Gasteiger partial charge < -0.3 is 21.1 Å². The number of imidazole rings is 1. The van der Waals surface area contributed by atoms with E-state index < -0.39 is 30.6 Å². The van der Waals surface area contributed by atoms with Crippen LogP contribution in [0.5, 0.6) is 0 Å². The van der Waals surface area contributed by atoms with Gasteiger partial charge in [-0.3, -0.25) is 4.79 Å². The number of carbonyl (C=O) groups is 1. The largest absolute Gasteiger partial charge is 0.394 e. The zero-order valence-electron chi connectivity index (χ0n) is 10.4. The van der Waals surface area contributed by atoms with Crippen LogP contribution in [-0.2, 0) is 0 Å². The van der Waals surface area contributed by atoms with Gasteiger partial charge in [-0.15, -0.1) is 0 Å². The number of halogens is 2. The molecule has 2 aromatic heterocycles. The lowest BCUT2D eigenvalue weighted by Crippen LogP contribution is -2.51. The van der Waals surface area contributed by atoms with E-state index >= 15 is 0 Å². The van der Waals surface area contributed by atoms with Gasteiger partial charge in [0.15, 0.2) is 23.1 Å². The summed E-state index contributed by atoms with van der Waals surface area (Å²) >= 11 is 0. The number of aliphatic hydroxyl groups is 3. The standard InChI is InChI=1S/C10H11F2N5O4/c11-10(12,6(20)4(19)1-18)9(21)17-3-16-5-7(13)14-2-15-8(5)17/h2-4,6,18-20H,1H2,(H2,13,14,15)/t4-,6+/m1/s1. The van der Waals surface area contributed by atoms with E-state index in [1.165, 1.54) is 0 Å². The van der Waals surface area contributed by atoms with E-state index in [0.717, 1.165) is 12.7 Å². The Morgan fingerprint density at radius 3 is 2.67 bits per heavy atom. The molecule has 2 atom stereocenters. The number of hydrogen-bond acceptors (Lipinski definition) is 8. The molecule has 0 saturated carbocycles. The molecular formula is C10H11F2N5O4. The number of alkyl halides is 2. The molecule has 2 aromatic rings. The Morgan fingerprint density at radius 2 is 2.05 bits per heavy atom. The number of aromatic nitrogens is 4. The van der Waals surface area contributed by atoms with Gasteiger partial charge in [0.1, 0.15) is 18.8 Å². The number of carbonyl (C=O) groups excluding carboxylic acids is 1. The van der Waals surface area contributed by atoms with Crippen LogP contribution >= 0.6 is 0 Å². The van der Waals surface area contributed by atoms with Crippen molar-refractivity contribution < 1.29 is 28.9 Å². The van der Waals surface area contributed by atoms with Crippen LogP contribution in [-0.4, -0.2) is 65.5 Å². The normalized spacial score (nSPS) is 15.1. The summed E-state index contributed by atoms with van der Waals surface area (Å²) in [6.45, 7) is -1.14. The molecule has 0 amide bonds. The highest BCUT2D eigenvalue weighted by atomic mass is 19.3. The van der Waals surface area contributed by atoms with Crippen molar-refractivity contribution in [1.82, 2.24) is 19.5 Å². The van der Waals surface area contributed by atoms with E-state index in [2.05, 4.69) is 15.0 Å². The second kappa shape index (κ2) is 5.27. The number of rotatable bonds is 4. The van der Waals surface area contributed by atoms with Crippen LogP contribution in [0.25, 0.3) is 11.2 Å². The van der Waals surface area contributed by atoms with Crippen LogP contribution in [0.2, 0.25) is 0 Å². The van der Waals surface area contributed by atoms with Gasteiger partial charge in [0.05, 0.1) is 6.61 Å². The van der Waals surface area contributed by atoms with Crippen LogP contribution in [0.4, 0.5) is 14.6 Å². The quantitative estimate of drug-likeness (QED) is 0.528. The summed E-state index contributed by atoms with van der Waals surface area (Å²) in [5.74, 6) is -6.34. The first-order valence-corrected chi connectivity index (χ1v) is 5.63. The molecule has 21 heavy (non-hydrogen) atoms. The summed E-state index contributed by atoms with van der Waals surface area (Å²) in [6.07, 6.45) is -3.25. The summed E-state index contributed by atoms with van der Waals surface area (Å²) in [5.41, 5.74) is 5.14. The van der Waals surface area contributed by atoms with Crippen molar-refractivity contribution in [2.75, 3.05) is 12.3 Å². The predicted molar refractivity (Wildman–Crippen MR) is 64.4 cm³/mol. The molecule has 114 valence electrons. The van der Waals surface area contributed by atoms with Gasteiger partial charge in [0.25, 0.3) is 0 Å². The maximum Gasteiger partial charge on any atom is 0.353 e. The Labute approximate surface area is 115 Å². The summed E-state index contributed by atoms with van der Waals surface area (Å²) < 4.78 is 28.1. The van der Waals surface area contributed by atoms with Crippen molar-refractivity contribution >= 4 is 22.9 Å². The minimum atomic E-state index is -4.37. The summed E-state index contributed by atoms with van der Waals surface area (Å²) in [5, 5.41) is 26.9. The molecule has 0 bridgehead atoms. The fourth-order valence-corrected chi connectivity index (χ4v) is 1.63. The molecule has 2 heterocycles. The second-order valence-electron chi connectivity index (χ2n) is 4.17. The molecule has 0 aliphatic carbocycles. The molecule has 0 fully saturated rings. The van der Waals surface area contributed by atoms with E-state index in [4.69, 9.17) is 15.9 Å². The Bertz CT molecular complexity index is 677. The number of fused-ring (bicyclic) bond motifs is 1. The molecule has 0 saturated heterocycles. The van der Waals surface area contributed by atoms with Crippen LogP contribution < -0.4 is 5.73 Å². The number of nitrogens with zero attached hydrogens (tertiary/aromatic N) is 4. The van der Waals surface area contributed by atoms with Gasteiger partial charge >= 0.3 is 11.8 Å². The predicted octanol–water partition coefficient (Wildman–Crippen LogP) is -1.60. The zero-order valence-corrected chi connectivity index (χ0v) is 10.4. The lowest BCUT2D eigenvalue weighted by atomic mass is 10.1. The third kappa shape index (κ3) is 2.41. The fraction of sp³-hybridized carbons (Fsp3) is 0.400. The monoisotopic (exact) mass is 303 g/mol. The highest BCUT2D eigenvalue weighted by molar-refractivity contribution is 5.95. The molecule has 0 aliphatic heterocycles. The van der Waals surface area contributed by atoms with Gasteiger partial charge in [-0.05, 0) is 0 Å². The number of hydrogen-bond donors (Lipinski definition) is 4. The van der Waals surface area contributed by atoms with Crippen LogP contribution in [0.3, 0.4) is 0 Å². The average Bonchev–Trinajstić information content (AvgIpc) is 2.89. The number of nitrogens with two attached hydrogens (primary N) is 1. The number of anilines is 1. The van der Waals surface area contributed by atoms with Crippen LogP contribution in [0.1, 0.15) is 4.79 Å². The van der Waals surface area contributed by atoms with Gasteiger partial charge in [-0.25, -0.2) is 19.5 Å². The molecule has 0 radical (unpaired) electrons. The third-order valence-electron chi connectivity index (χ3n) is 2.79. The SMILES string of the molecule is Nc1ncnc2c1ncn2C(=O)C(F)(F)[C@@H](O)[C@H](O)CO. The molecule has 5 N–H and O–H groups in total. The molecule has 0 aromatic carbocycles. The minimum Gasteiger partial charge on any atom is -0.394 e.